The molecule has 0 saturated heterocycles. The zero-order valence-electron chi connectivity index (χ0n) is 25.2. The Hall–Kier alpha value is -4.48. The summed E-state index contributed by atoms with van der Waals surface area (Å²) in [6, 6.07) is 4.76. The molecule has 0 saturated carbocycles. The summed E-state index contributed by atoms with van der Waals surface area (Å²) < 4.78 is 21.0. The molecule has 2 aromatic heterocycles. The van der Waals surface area contributed by atoms with Crippen LogP contribution in [0.3, 0.4) is 0 Å². The minimum Gasteiger partial charge on any atom is -0.436 e. The lowest BCUT2D eigenvalue weighted by molar-refractivity contribution is -0.125. The molecule has 0 aliphatic rings. The highest BCUT2D eigenvalue weighted by Gasteiger charge is 2.25. The molecule has 0 fully saturated rings. The van der Waals surface area contributed by atoms with Crippen LogP contribution in [0.15, 0.2) is 47.5 Å². The SMILES string of the molecule is CN(C)C(=O)/C=C/CCC(OC(=O)N(C)C)C(=O)Nc1nccn(Cc2cc3cc(F)cc(CC(C)(C)C)c3[nH]2)c1=O. The number of hydrogen-bond acceptors (Lipinski definition) is 6. The highest BCUT2D eigenvalue weighted by Crippen LogP contribution is 2.28. The van der Waals surface area contributed by atoms with E-state index in [1.165, 1.54) is 59.1 Å². The Balaban J connectivity index is 1.80. The number of aromatic amines is 1. The first kappa shape index (κ1) is 32.0. The van der Waals surface area contributed by atoms with E-state index < -0.39 is 23.7 Å². The maximum atomic E-state index is 14.3. The molecule has 0 radical (unpaired) electrons. The third-order valence-corrected chi connectivity index (χ3v) is 6.24. The molecule has 3 amide bonds. The van der Waals surface area contributed by atoms with Gasteiger partial charge in [-0.05, 0) is 54.5 Å². The first-order valence-corrected chi connectivity index (χ1v) is 13.6. The molecular weight excluding hydrogens is 543 g/mol. The minimum atomic E-state index is -1.24. The van der Waals surface area contributed by atoms with Crippen molar-refractivity contribution < 1.29 is 23.5 Å². The molecule has 42 heavy (non-hydrogen) atoms. The van der Waals surface area contributed by atoms with Crippen molar-refractivity contribution in [3.05, 3.63) is 70.2 Å². The zero-order chi connectivity index (χ0) is 31.2. The largest absolute Gasteiger partial charge is 0.436 e. The number of benzene rings is 1. The lowest BCUT2D eigenvalue weighted by Crippen LogP contribution is -2.38. The molecule has 1 atom stereocenters. The number of nitrogens with zero attached hydrogens (tertiary/aromatic N) is 4. The van der Waals surface area contributed by atoms with Crippen molar-refractivity contribution in [1.29, 1.82) is 0 Å². The fraction of sp³-hybridized carbons (Fsp3) is 0.433. The first-order valence-electron chi connectivity index (χ1n) is 13.6. The number of ether oxygens (including phenoxy) is 1. The van der Waals surface area contributed by atoms with Crippen molar-refractivity contribution in [1.82, 2.24) is 24.3 Å². The van der Waals surface area contributed by atoms with Gasteiger partial charge in [0, 0.05) is 57.2 Å². The number of hydrogen-bond donors (Lipinski definition) is 2. The number of halogens is 1. The average molecular weight is 583 g/mol. The summed E-state index contributed by atoms with van der Waals surface area (Å²) in [4.78, 5) is 60.2. The number of allylic oxidation sites excluding steroid dienone is 1. The van der Waals surface area contributed by atoms with Crippen LogP contribution < -0.4 is 10.9 Å². The van der Waals surface area contributed by atoms with E-state index in [-0.39, 0.29) is 42.3 Å². The number of rotatable bonds is 10. The van der Waals surface area contributed by atoms with Gasteiger partial charge in [-0.25, -0.2) is 14.2 Å². The summed E-state index contributed by atoms with van der Waals surface area (Å²) in [5, 5.41) is 3.18. The third kappa shape index (κ3) is 8.76. The molecule has 3 aromatic rings. The number of H-pyrrole nitrogens is 1. The van der Waals surface area contributed by atoms with Gasteiger partial charge in [-0.3, -0.25) is 14.4 Å². The number of likely N-dealkylation sites (N-methyl/N-ethyl adjacent to an activating group) is 1. The number of carbonyl (C=O) groups excluding carboxylic acids is 3. The van der Waals surface area contributed by atoms with Crippen molar-refractivity contribution in [2.75, 3.05) is 33.5 Å². The van der Waals surface area contributed by atoms with Gasteiger partial charge >= 0.3 is 6.09 Å². The second-order valence-electron chi connectivity index (χ2n) is 11.7. The van der Waals surface area contributed by atoms with Crippen LogP contribution in [0.1, 0.15) is 44.9 Å². The highest BCUT2D eigenvalue weighted by atomic mass is 19.1. The van der Waals surface area contributed by atoms with Crippen molar-refractivity contribution >= 4 is 34.6 Å². The smallest absolute Gasteiger partial charge is 0.410 e. The van der Waals surface area contributed by atoms with E-state index in [9.17, 15) is 23.6 Å². The van der Waals surface area contributed by atoms with E-state index in [2.05, 4.69) is 36.1 Å². The van der Waals surface area contributed by atoms with Crippen LogP contribution in [0.2, 0.25) is 0 Å². The van der Waals surface area contributed by atoms with Gasteiger partial charge in [0.05, 0.1) is 6.54 Å². The molecule has 3 rings (SSSR count). The maximum absolute atomic E-state index is 14.3. The number of carbonyl (C=O) groups is 3. The van der Waals surface area contributed by atoms with Crippen LogP contribution in [0.4, 0.5) is 15.0 Å². The molecule has 1 unspecified atom stereocenters. The molecule has 0 aliphatic carbocycles. The Morgan fingerprint density at radius 3 is 2.50 bits per heavy atom. The van der Waals surface area contributed by atoms with Gasteiger partial charge in [0.2, 0.25) is 5.91 Å². The third-order valence-electron chi connectivity index (χ3n) is 6.24. The monoisotopic (exact) mass is 582 g/mol. The van der Waals surface area contributed by atoms with E-state index in [4.69, 9.17) is 4.74 Å². The van der Waals surface area contributed by atoms with Gasteiger partial charge in [-0.2, -0.15) is 0 Å². The molecule has 0 spiro atoms. The number of fused-ring (bicyclic) bond motifs is 1. The van der Waals surface area contributed by atoms with Crippen LogP contribution in [-0.2, 0) is 27.3 Å². The normalized spacial score (nSPS) is 12.4. The average Bonchev–Trinajstić information content (AvgIpc) is 3.29. The second-order valence-corrected chi connectivity index (χ2v) is 11.7. The van der Waals surface area contributed by atoms with Crippen molar-refractivity contribution in [2.45, 2.75) is 52.7 Å². The molecule has 2 heterocycles. The molecule has 226 valence electrons. The molecule has 12 heteroatoms. The summed E-state index contributed by atoms with van der Waals surface area (Å²) in [6.45, 7) is 6.36. The minimum absolute atomic E-state index is 0.0557. The first-order chi connectivity index (χ1) is 19.6. The quantitative estimate of drug-likeness (QED) is 0.349. The van der Waals surface area contributed by atoms with Gasteiger partial charge in [-0.15, -0.1) is 0 Å². The maximum Gasteiger partial charge on any atom is 0.410 e. The summed E-state index contributed by atoms with van der Waals surface area (Å²) in [7, 11) is 6.19. The van der Waals surface area contributed by atoms with Gasteiger partial charge in [0.1, 0.15) is 5.82 Å². The van der Waals surface area contributed by atoms with Crippen molar-refractivity contribution in [3.8, 4) is 0 Å². The summed E-state index contributed by atoms with van der Waals surface area (Å²) in [5.41, 5.74) is 1.70. The van der Waals surface area contributed by atoms with Crippen LogP contribution in [-0.4, -0.2) is 76.5 Å². The van der Waals surface area contributed by atoms with E-state index >= 15 is 0 Å². The van der Waals surface area contributed by atoms with Crippen molar-refractivity contribution in [3.63, 3.8) is 0 Å². The van der Waals surface area contributed by atoms with E-state index in [1.54, 1.807) is 26.2 Å². The lowest BCUT2D eigenvalue weighted by atomic mass is 9.87. The topological polar surface area (TPSA) is 130 Å². The summed E-state index contributed by atoms with van der Waals surface area (Å²) in [6.07, 6.45) is 4.84. The molecule has 2 N–H and O–H groups in total. The number of amides is 3. The Morgan fingerprint density at radius 1 is 1.14 bits per heavy atom. The van der Waals surface area contributed by atoms with Gasteiger partial charge in [0.25, 0.3) is 11.5 Å². The summed E-state index contributed by atoms with van der Waals surface area (Å²) >= 11 is 0. The highest BCUT2D eigenvalue weighted by molar-refractivity contribution is 5.94. The van der Waals surface area contributed by atoms with Crippen LogP contribution in [0.5, 0.6) is 0 Å². The predicted octanol–water partition coefficient (Wildman–Crippen LogP) is 3.93. The lowest BCUT2D eigenvalue weighted by Gasteiger charge is -2.19. The predicted molar refractivity (Wildman–Crippen MR) is 159 cm³/mol. The number of aromatic nitrogens is 3. The van der Waals surface area contributed by atoms with Crippen molar-refractivity contribution in [2.24, 2.45) is 5.41 Å². The number of nitrogens with one attached hydrogen (secondary N) is 2. The summed E-state index contributed by atoms with van der Waals surface area (Å²) in [5.74, 6) is -1.52. The standard InChI is InChI=1S/C30H39FN6O5/c1-30(2,3)17-20-15-21(31)14-19-16-22(33-25(19)20)18-37-13-12-32-26(28(37)40)34-27(39)23(42-29(41)36(6)7)10-8-9-11-24(38)35(4)5/h9,11-16,23,33H,8,10,17-18H2,1-7H3,(H,32,34,39)/b11-9+. The van der Waals surface area contributed by atoms with E-state index in [1.807, 2.05) is 0 Å². The Kier molecular flexibility index (Phi) is 10.3. The molecule has 0 bridgehead atoms. The molecular formula is C30H39FN6O5. The fourth-order valence-electron chi connectivity index (χ4n) is 4.22. The number of anilines is 1. The molecule has 11 nitrogen and oxygen atoms in total. The Morgan fingerprint density at radius 2 is 1.86 bits per heavy atom. The van der Waals surface area contributed by atoms with E-state index in [0.717, 1.165) is 11.1 Å². The van der Waals surface area contributed by atoms with Gasteiger partial charge in [0.15, 0.2) is 11.9 Å². The van der Waals surface area contributed by atoms with Gasteiger partial charge < -0.3 is 29.4 Å². The second kappa shape index (κ2) is 13.5. The molecule has 1 aromatic carbocycles. The van der Waals surface area contributed by atoms with E-state index in [0.29, 0.717) is 17.5 Å². The van der Waals surface area contributed by atoms with Gasteiger partial charge in [-0.1, -0.05) is 26.8 Å². The zero-order valence-corrected chi connectivity index (χ0v) is 25.2. The fourth-order valence-corrected chi connectivity index (χ4v) is 4.22. The Labute approximate surface area is 244 Å². The van der Waals surface area contributed by atoms with Crippen LogP contribution >= 0.6 is 0 Å². The van der Waals surface area contributed by atoms with Crippen LogP contribution in [0.25, 0.3) is 10.9 Å². The van der Waals surface area contributed by atoms with Crippen LogP contribution in [0, 0.1) is 11.2 Å². The molecule has 0 aliphatic heterocycles. The Bertz CT molecular complexity index is 1530.